The zero-order valence-electron chi connectivity index (χ0n) is 9.39. The van der Waals surface area contributed by atoms with Gasteiger partial charge in [0.15, 0.2) is 0 Å². The topological polar surface area (TPSA) is 70.5 Å². The van der Waals surface area contributed by atoms with Crippen molar-refractivity contribution in [2.75, 3.05) is 13.1 Å². The molecular weight excluding hydrogens is 244 g/mol. The lowest BCUT2D eigenvalue weighted by Gasteiger charge is -2.19. The maximum atomic E-state index is 12.0. The molecule has 1 heterocycles. The van der Waals surface area contributed by atoms with Crippen LogP contribution in [-0.2, 0) is 4.79 Å². The Kier molecular flexibility index (Phi) is 4.90. The fourth-order valence-electron chi connectivity index (χ4n) is 1.37. The van der Waals surface area contributed by atoms with Crippen LogP contribution in [0.4, 0.5) is 0 Å². The first-order valence-corrected chi connectivity index (χ1v) is 5.55. The molecule has 0 aliphatic rings. The third-order valence-corrected chi connectivity index (χ3v) is 2.30. The number of aliphatic carboxylic acids is 1. The summed E-state index contributed by atoms with van der Waals surface area (Å²) in [7, 11) is 0. The molecule has 0 aromatic carbocycles. The molecule has 0 aliphatic heterocycles. The number of carboxylic acid groups (broad SMARTS) is 1. The second-order valence-electron chi connectivity index (χ2n) is 3.49. The molecular formula is C11H13ClN2O3. The Labute approximate surface area is 104 Å². The van der Waals surface area contributed by atoms with Crippen LogP contribution < -0.4 is 0 Å². The van der Waals surface area contributed by atoms with E-state index in [4.69, 9.17) is 16.7 Å². The van der Waals surface area contributed by atoms with E-state index in [0.717, 1.165) is 0 Å². The molecule has 1 rings (SSSR count). The lowest BCUT2D eigenvalue weighted by Crippen LogP contribution is -2.36. The molecule has 1 N–H and O–H groups in total. The average Bonchev–Trinajstić information content (AvgIpc) is 2.28. The number of aromatic nitrogens is 1. The van der Waals surface area contributed by atoms with Crippen LogP contribution >= 0.6 is 11.6 Å². The third-order valence-electron chi connectivity index (χ3n) is 2.08. The SMILES string of the molecule is CCCN(CC(=O)O)C(=O)c1ccc(Cl)nc1. The highest BCUT2D eigenvalue weighted by Gasteiger charge is 2.17. The summed E-state index contributed by atoms with van der Waals surface area (Å²) in [6.45, 7) is 1.96. The molecule has 0 unspecified atom stereocenters. The van der Waals surface area contributed by atoms with Crippen molar-refractivity contribution in [1.82, 2.24) is 9.88 Å². The number of amides is 1. The van der Waals surface area contributed by atoms with Crippen molar-refractivity contribution in [3.63, 3.8) is 0 Å². The minimum absolute atomic E-state index is 0.293. The molecule has 0 radical (unpaired) electrons. The molecule has 1 aromatic heterocycles. The van der Waals surface area contributed by atoms with E-state index in [1.54, 1.807) is 0 Å². The molecule has 17 heavy (non-hydrogen) atoms. The van der Waals surface area contributed by atoms with Gasteiger partial charge in [0, 0.05) is 12.7 Å². The van der Waals surface area contributed by atoms with Crippen LogP contribution in [0.1, 0.15) is 23.7 Å². The van der Waals surface area contributed by atoms with E-state index in [2.05, 4.69) is 4.98 Å². The molecule has 0 fully saturated rings. The minimum atomic E-state index is -1.03. The van der Waals surface area contributed by atoms with Gasteiger partial charge in [-0.1, -0.05) is 18.5 Å². The van der Waals surface area contributed by atoms with Gasteiger partial charge in [0.05, 0.1) is 5.56 Å². The molecule has 0 aliphatic carbocycles. The van der Waals surface area contributed by atoms with Crippen molar-refractivity contribution < 1.29 is 14.7 Å². The molecule has 1 amide bonds. The highest BCUT2D eigenvalue weighted by Crippen LogP contribution is 2.08. The summed E-state index contributed by atoms with van der Waals surface area (Å²) in [6.07, 6.45) is 2.04. The van der Waals surface area contributed by atoms with Gasteiger partial charge in [-0.05, 0) is 18.6 Å². The Morgan fingerprint density at radius 2 is 2.18 bits per heavy atom. The predicted molar refractivity (Wildman–Crippen MR) is 63.1 cm³/mol. The quantitative estimate of drug-likeness (QED) is 0.814. The maximum absolute atomic E-state index is 12.0. The summed E-state index contributed by atoms with van der Waals surface area (Å²) < 4.78 is 0. The second-order valence-corrected chi connectivity index (χ2v) is 3.88. The van der Waals surface area contributed by atoms with Crippen LogP contribution in [0.2, 0.25) is 5.15 Å². The lowest BCUT2D eigenvalue weighted by molar-refractivity contribution is -0.137. The summed E-state index contributed by atoms with van der Waals surface area (Å²) in [5, 5.41) is 9.01. The number of hydrogen-bond acceptors (Lipinski definition) is 3. The van der Waals surface area contributed by atoms with E-state index in [0.29, 0.717) is 23.7 Å². The molecule has 5 nitrogen and oxygen atoms in total. The van der Waals surface area contributed by atoms with E-state index < -0.39 is 5.97 Å². The molecule has 6 heteroatoms. The number of pyridine rings is 1. The molecule has 0 atom stereocenters. The lowest BCUT2D eigenvalue weighted by atomic mass is 10.2. The van der Waals surface area contributed by atoms with E-state index in [-0.39, 0.29) is 12.5 Å². The fourth-order valence-corrected chi connectivity index (χ4v) is 1.48. The number of carbonyl (C=O) groups is 2. The van der Waals surface area contributed by atoms with Gasteiger partial charge in [0.25, 0.3) is 5.91 Å². The van der Waals surface area contributed by atoms with E-state index >= 15 is 0 Å². The van der Waals surface area contributed by atoms with E-state index in [1.807, 2.05) is 6.92 Å². The minimum Gasteiger partial charge on any atom is -0.480 e. The first-order valence-electron chi connectivity index (χ1n) is 5.17. The van der Waals surface area contributed by atoms with Gasteiger partial charge in [-0.3, -0.25) is 9.59 Å². The van der Waals surface area contributed by atoms with Crippen LogP contribution in [0, 0.1) is 0 Å². The molecule has 92 valence electrons. The van der Waals surface area contributed by atoms with Gasteiger partial charge < -0.3 is 10.0 Å². The van der Waals surface area contributed by atoms with E-state index in [9.17, 15) is 9.59 Å². The predicted octanol–water partition coefficient (Wildman–Crippen LogP) is 1.67. The second kappa shape index (κ2) is 6.20. The summed E-state index contributed by atoms with van der Waals surface area (Å²) in [4.78, 5) is 27.7. The van der Waals surface area contributed by atoms with Crippen molar-refractivity contribution in [2.45, 2.75) is 13.3 Å². The molecule has 0 spiro atoms. The van der Waals surface area contributed by atoms with Gasteiger partial charge in [0.2, 0.25) is 0 Å². The van der Waals surface area contributed by atoms with Gasteiger partial charge in [0.1, 0.15) is 11.7 Å². The van der Waals surface area contributed by atoms with Gasteiger partial charge in [-0.25, -0.2) is 4.98 Å². The van der Waals surface area contributed by atoms with Crippen LogP contribution in [0.25, 0.3) is 0 Å². The zero-order valence-corrected chi connectivity index (χ0v) is 10.1. The Bertz CT molecular complexity index is 406. The summed E-state index contributed by atoms with van der Waals surface area (Å²) in [5.41, 5.74) is 0.337. The Morgan fingerprint density at radius 1 is 1.47 bits per heavy atom. The smallest absolute Gasteiger partial charge is 0.323 e. The van der Waals surface area contributed by atoms with Crippen molar-refractivity contribution in [3.05, 3.63) is 29.0 Å². The number of carbonyl (C=O) groups excluding carboxylic acids is 1. The fraction of sp³-hybridized carbons (Fsp3) is 0.364. The number of hydrogen-bond donors (Lipinski definition) is 1. The Morgan fingerprint density at radius 3 is 2.65 bits per heavy atom. The summed E-state index contributed by atoms with van der Waals surface area (Å²) in [6, 6.07) is 3.03. The van der Waals surface area contributed by atoms with Gasteiger partial charge >= 0.3 is 5.97 Å². The first-order chi connectivity index (χ1) is 8.04. The van der Waals surface area contributed by atoms with Crippen LogP contribution in [0.15, 0.2) is 18.3 Å². The number of halogens is 1. The molecule has 0 saturated carbocycles. The standard InChI is InChI=1S/C11H13ClN2O3/c1-2-5-14(7-10(15)16)11(17)8-3-4-9(12)13-6-8/h3-4,6H,2,5,7H2,1H3,(H,15,16). The monoisotopic (exact) mass is 256 g/mol. The maximum Gasteiger partial charge on any atom is 0.323 e. The normalized spacial score (nSPS) is 10.0. The van der Waals surface area contributed by atoms with Crippen molar-refractivity contribution in [3.8, 4) is 0 Å². The Hall–Kier alpha value is -1.62. The summed E-state index contributed by atoms with van der Waals surface area (Å²) >= 11 is 5.61. The zero-order chi connectivity index (χ0) is 12.8. The van der Waals surface area contributed by atoms with Crippen molar-refractivity contribution >= 4 is 23.5 Å². The van der Waals surface area contributed by atoms with Crippen LogP contribution in [-0.4, -0.2) is 40.0 Å². The molecule has 0 bridgehead atoms. The van der Waals surface area contributed by atoms with Crippen LogP contribution in [0.5, 0.6) is 0 Å². The third kappa shape index (κ3) is 4.03. The van der Waals surface area contributed by atoms with Gasteiger partial charge in [-0.2, -0.15) is 0 Å². The Balaban J connectivity index is 2.83. The largest absolute Gasteiger partial charge is 0.480 e. The molecule has 1 aromatic rings. The average molecular weight is 257 g/mol. The highest BCUT2D eigenvalue weighted by molar-refractivity contribution is 6.29. The number of carboxylic acids is 1. The highest BCUT2D eigenvalue weighted by atomic mass is 35.5. The van der Waals surface area contributed by atoms with Crippen LogP contribution in [0.3, 0.4) is 0 Å². The van der Waals surface area contributed by atoms with Crippen molar-refractivity contribution in [1.29, 1.82) is 0 Å². The van der Waals surface area contributed by atoms with E-state index in [1.165, 1.54) is 23.2 Å². The molecule has 0 saturated heterocycles. The first kappa shape index (κ1) is 13.4. The van der Waals surface area contributed by atoms with Gasteiger partial charge in [-0.15, -0.1) is 0 Å². The summed E-state index contributed by atoms with van der Waals surface area (Å²) in [5.74, 6) is -1.38. The number of rotatable bonds is 5. The van der Waals surface area contributed by atoms with Crippen molar-refractivity contribution in [2.24, 2.45) is 0 Å². The number of nitrogens with zero attached hydrogens (tertiary/aromatic N) is 2.